The minimum Gasteiger partial charge on any atom is -0.457 e. The zero-order valence-corrected chi connectivity index (χ0v) is 14.2. The van der Waals surface area contributed by atoms with E-state index in [2.05, 4.69) is 25.1 Å². The number of aliphatic hydroxyl groups excluding tert-OH is 1. The lowest BCUT2D eigenvalue weighted by atomic mass is 10.1. The molecule has 0 unspecified atom stereocenters. The van der Waals surface area contributed by atoms with Crippen molar-refractivity contribution in [3.05, 3.63) is 71.1 Å². The van der Waals surface area contributed by atoms with Crippen LogP contribution >= 0.6 is 0 Å². The van der Waals surface area contributed by atoms with Crippen LogP contribution in [0, 0.1) is 13.8 Å². The molecule has 0 amide bonds. The van der Waals surface area contributed by atoms with E-state index in [1.165, 1.54) is 0 Å². The van der Waals surface area contributed by atoms with Crippen LogP contribution in [-0.2, 0) is 13.2 Å². The summed E-state index contributed by atoms with van der Waals surface area (Å²) in [5.41, 5.74) is 4.84. The number of nitrogens with zero attached hydrogens (tertiary/aromatic N) is 3. The van der Waals surface area contributed by atoms with E-state index >= 15 is 0 Å². The first-order valence-corrected chi connectivity index (χ1v) is 8.24. The Morgan fingerprint density at radius 2 is 1.88 bits per heavy atom. The summed E-state index contributed by atoms with van der Waals surface area (Å²) in [7, 11) is 0. The summed E-state index contributed by atoms with van der Waals surface area (Å²) in [4.78, 5) is 4.72. The molecule has 25 heavy (non-hydrogen) atoms. The van der Waals surface area contributed by atoms with Gasteiger partial charge in [-0.2, -0.15) is 5.10 Å². The second kappa shape index (κ2) is 6.18. The van der Waals surface area contributed by atoms with Gasteiger partial charge in [-0.1, -0.05) is 30.3 Å². The van der Waals surface area contributed by atoms with E-state index in [4.69, 9.17) is 14.5 Å². The Labute approximate surface area is 145 Å². The fourth-order valence-electron chi connectivity index (χ4n) is 3.14. The van der Waals surface area contributed by atoms with Gasteiger partial charge in [0.2, 0.25) is 0 Å². The Balaban J connectivity index is 1.91. The molecule has 5 nitrogen and oxygen atoms in total. The Morgan fingerprint density at radius 1 is 1.08 bits per heavy atom. The van der Waals surface area contributed by atoms with Crippen LogP contribution in [-0.4, -0.2) is 19.9 Å². The Morgan fingerprint density at radius 3 is 2.60 bits per heavy atom. The van der Waals surface area contributed by atoms with Crippen molar-refractivity contribution in [1.29, 1.82) is 0 Å². The van der Waals surface area contributed by atoms with Crippen molar-refractivity contribution in [2.75, 3.05) is 0 Å². The van der Waals surface area contributed by atoms with E-state index in [9.17, 15) is 5.11 Å². The molecular formula is C20H19N3O2. The zero-order valence-electron chi connectivity index (χ0n) is 14.2. The van der Waals surface area contributed by atoms with E-state index in [0.717, 1.165) is 33.5 Å². The molecule has 5 heteroatoms. The lowest BCUT2D eigenvalue weighted by Gasteiger charge is -2.04. The normalized spacial score (nSPS) is 11.3. The van der Waals surface area contributed by atoms with Gasteiger partial charge in [-0.25, -0.2) is 9.67 Å². The minimum atomic E-state index is -0.126. The number of aromatic nitrogens is 3. The summed E-state index contributed by atoms with van der Waals surface area (Å²) in [6.45, 7) is 4.56. The Hall–Kier alpha value is -2.92. The van der Waals surface area contributed by atoms with Gasteiger partial charge in [0, 0.05) is 5.69 Å². The SMILES string of the molecule is Cc1cc(C)c2c(-c3ccc(CO)o3)nn(Cc3ccccc3)c2n1. The van der Waals surface area contributed by atoms with Gasteiger partial charge in [0.25, 0.3) is 0 Å². The lowest BCUT2D eigenvalue weighted by molar-refractivity contribution is 0.248. The Bertz CT molecular complexity index is 1030. The predicted octanol–water partition coefficient (Wildman–Crippen LogP) is 3.85. The van der Waals surface area contributed by atoms with Crippen molar-refractivity contribution in [2.24, 2.45) is 0 Å². The molecular weight excluding hydrogens is 314 g/mol. The number of aryl methyl sites for hydroxylation is 2. The average Bonchev–Trinajstić information content (AvgIpc) is 3.21. The maximum atomic E-state index is 9.27. The second-order valence-electron chi connectivity index (χ2n) is 6.20. The van der Waals surface area contributed by atoms with Crippen LogP contribution in [0.2, 0.25) is 0 Å². The minimum absolute atomic E-state index is 0.126. The highest BCUT2D eigenvalue weighted by molar-refractivity contribution is 5.92. The van der Waals surface area contributed by atoms with Crippen LogP contribution in [0.15, 0.2) is 52.9 Å². The van der Waals surface area contributed by atoms with Crippen molar-refractivity contribution >= 4 is 11.0 Å². The summed E-state index contributed by atoms with van der Waals surface area (Å²) in [5, 5.41) is 15.0. The molecule has 0 saturated heterocycles. The number of hydrogen-bond acceptors (Lipinski definition) is 4. The van der Waals surface area contributed by atoms with Crippen LogP contribution in [0.1, 0.15) is 22.6 Å². The van der Waals surface area contributed by atoms with Crippen LogP contribution in [0.3, 0.4) is 0 Å². The molecule has 1 aromatic carbocycles. The zero-order chi connectivity index (χ0) is 17.4. The molecule has 3 aromatic heterocycles. The fourth-order valence-corrected chi connectivity index (χ4v) is 3.14. The lowest BCUT2D eigenvalue weighted by Crippen LogP contribution is -2.03. The molecule has 0 atom stereocenters. The van der Waals surface area contributed by atoms with Crippen LogP contribution in [0.4, 0.5) is 0 Å². The third-order valence-corrected chi connectivity index (χ3v) is 4.25. The van der Waals surface area contributed by atoms with Gasteiger partial charge in [-0.3, -0.25) is 0 Å². The van der Waals surface area contributed by atoms with Gasteiger partial charge >= 0.3 is 0 Å². The van der Waals surface area contributed by atoms with E-state index < -0.39 is 0 Å². The molecule has 0 aliphatic carbocycles. The highest BCUT2D eigenvalue weighted by Crippen LogP contribution is 2.31. The van der Waals surface area contributed by atoms with Gasteiger partial charge in [0.05, 0.1) is 11.9 Å². The summed E-state index contributed by atoms with van der Waals surface area (Å²) < 4.78 is 7.64. The third kappa shape index (κ3) is 2.83. The highest BCUT2D eigenvalue weighted by atomic mass is 16.4. The van der Waals surface area contributed by atoms with Crippen molar-refractivity contribution in [3.63, 3.8) is 0 Å². The number of benzene rings is 1. The Kier molecular flexibility index (Phi) is 3.86. The number of hydrogen-bond donors (Lipinski definition) is 1. The number of rotatable bonds is 4. The van der Waals surface area contributed by atoms with Crippen molar-refractivity contribution in [3.8, 4) is 11.5 Å². The molecule has 1 N–H and O–H groups in total. The van der Waals surface area contributed by atoms with E-state index in [1.807, 2.05) is 35.9 Å². The van der Waals surface area contributed by atoms with E-state index in [-0.39, 0.29) is 6.61 Å². The molecule has 4 rings (SSSR count). The second-order valence-corrected chi connectivity index (χ2v) is 6.20. The quantitative estimate of drug-likeness (QED) is 0.616. The molecule has 0 bridgehead atoms. The first-order valence-electron chi connectivity index (χ1n) is 8.24. The molecule has 0 aliphatic heterocycles. The van der Waals surface area contributed by atoms with Crippen molar-refractivity contribution in [2.45, 2.75) is 27.0 Å². The fraction of sp³-hybridized carbons (Fsp3) is 0.200. The molecule has 126 valence electrons. The van der Waals surface area contributed by atoms with Crippen LogP contribution in [0.25, 0.3) is 22.5 Å². The van der Waals surface area contributed by atoms with Gasteiger partial charge in [0.1, 0.15) is 18.1 Å². The molecule has 0 saturated carbocycles. The average molecular weight is 333 g/mol. The first-order chi connectivity index (χ1) is 12.2. The summed E-state index contributed by atoms with van der Waals surface area (Å²) >= 11 is 0. The third-order valence-electron chi connectivity index (χ3n) is 4.25. The number of pyridine rings is 1. The highest BCUT2D eigenvalue weighted by Gasteiger charge is 2.19. The van der Waals surface area contributed by atoms with E-state index in [0.29, 0.717) is 18.1 Å². The standard InChI is InChI=1S/C20H19N3O2/c1-13-10-14(2)21-20-18(13)19(17-9-8-16(12-24)25-17)22-23(20)11-15-6-4-3-5-7-15/h3-10,24H,11-12H2,1-2H3. The van der Waals surface area contributed by atoms with Crippen LogP contribution in [0.5, 0.6) is 0 Å². The van der Waals surface area contributed by atoms with Gasteiger partial charge in [-0.15, -0.1) is 0 Å². The molecule has 0 radical (unpaired) electrons. The molecule has 0 fully saturated rings. The first kappa shape index (κ1) is 15.6. The molecule has 0 aliphatic rings. The van der Waals surface area contributed by atoms with Crippen molar-refractivity contribution in [1.82, 2.24) is 14.8 Å². The van der Waals surface area contributed by atoms with Crippen molar-refractivity contribution < 1.29 is 9.52 Å². The summed E-state index contributed by atoms with van der Waals surface area (Å²) in [6.07, 6.45) is 0. The monoisotopic (exact) mass is 333 g/mol. The molecule has 0 spiro atoms. The van der Waals surface area contributed by atoms with Crippen LogP contribution < -0.4 is 0 Å². The maximum Gasteiger partial charge on any atom is 0.159 e. The van der Waals surface area contributed by atoms with Gasteiger partial charge in [0.15, 0.2) is 11.4 Å². The summed E-state index contributed by atoms with van der Waals surface area (Å²) in [5.74, 6) is 1.17. The topological polar surface area (TPSA) is 64.1 Å². The number of aliphatic hydroxyl groups is 1. The predicted molar refractivity (Wildman–Crippen MR) is 96.2 cm³/mol. The van der Waals surface area contributed by atoms with E-state index in [1.54, 1.807) is 6.07 Å². The number of fused-ring (bicyclic) bond motifs is 1. The molecule has 4 aromatic rings. The maximum absolute atomic E-state index is 9.27. The summed E-state index contributed by atoms with van der Waals surface area (Å²) in [6, 6.07) is 15.9. The largest absolute Gasteiger partial charge is 0.457 e. The van der Waals surface area contributed by atoms with Gasteiger partial charge in [-0.05, 0) is 43.2 Å². The number of furan rings is 1. The van der Waals surface area contributed by atoms with Gasteiger partial charge < -0.3 is 9.52 Å². The molecule has 3 heterocycles. The smallest absolute Gasteiger partial charge is 0.159 e.